The smallest absolute Gasteiger partial charge is 0.255 e. The predicted octanol–water partition coefficient (Wildman–Crippen LogP) is 7.82. The van der Waals surface area contributed by atoms with Gasteiger partial charge in [-0.1, -0.05) is 40.9 Å². The Kier molecular flexibility index (Phi) is 7.15. The first-order chi connectivity index (χ1) is 17.9. The van der Waals surface area contributed by atoms with E-state index in [1.54, 1.807) is 42.4 Å². The van der Waals surface area contributed by atoms with E-state index in [1.807, 2.05) is 54.7 Å². The molecule has 184 valence electrons. The Morgan fingerprint density at radius 3 is 2.41 bits per heavy atom. The van der Waals surface area contributed by atoms with Gasteiger partial charge in [-0.05, 0) is 72.3 Å². The van der Waals surface area contributed by atoms with Crippen LogP contribution in [0.15, 0.2) is 91.4 Å². The van der Waals surface area contributed by atoms with Crippen LogP contribution in [0.2, 0.25) is 15.1 Å². The fourth-order valence-electron chi connectivity index (χ4n) is 3.84. The van der Waals surface area contributed by atoms with Gasteiger partial charge in [-0.15, -0.1) is 0 Å². The predicted molar refractivity (Wildman–Crippen MR) is 148 cm³/mol. The molecule has 5 rings (SSSR count). The molecule has 0 radical (unpaired) electrons. The number of anilines is 1. The molecule has 9 heteroatoms. The summed E-state index contributed by atoms with van der Waals surface area (Å²) < 4.78 is 7.06. The standard InChI is InChI=1S/C28H19Cl3N4O2/c1-37-26-8-6-18(13-25(26)31)27-22(17-9-11-32-12-10-17)16-35(34-27)21-4-2-3-20(15-21)33-28(36)19-5-7-23(29)24(30)14-19/h2-16H,1H3,(H,33,36). The quantitative estimate of drug-likeness (QED) is 0.234. The number of halogens is 3. The Hall–Kier alpha value is -3.84. The molecule has 2 aromatic heterocycles. The minimum atomic E-state index is -0.303. The Balaban J connectivity index is 1.52. The third-order valence-corrected chi connectivity index (χ3v) is 6.72. The third kappa shape index (κ3) is 5.32. The van der Waals surface area contributed by atoms with E-state index < -0.39 is 0 Å². The number of aromatic nitrogens is 3. The molecule has 0 spiro atoms. The van der Waals surface area contributed by atoms with Gasteiger partial charge >= 0.3 is 0 Å². The summed E-state index contributed by atoms with van der Waals surface area (Å²) in [5, 5.41) is 8.96. The van der Waals surface area contributed by atoms with E-state index in [1.165, 1.54) is 6.07 Å². The maximum absolute atomic E-state index is 12.8. The third-order valence-electron chi connectivity index (χ3n) is 5.68. The lowest BCUT2D eigenvalue weighted by atomic mass is 10.0. The number of carbonyl (C=O) groups excluding carboxylic acids is 1. The van der Waals surface area contributed by atoms with Crippen LogP contribution in [0, 0.1) is 0 Å². The van der Waals surface area contributed by atoms with Crippen LogP contribution in [-0.4, -0.2) is 27.8 Å². The maximum Gasteiger partial charge on any atom is 0.255 e. The molecular weight excluding hydrogens is 531 g/mol. The highest BCUT2D eigenvalue weighted by Crippen LogP contribution is 2.36. The summed E-state index contributed by atoms with van der Waals surface area (Å²) in [6.07, 6.45) is 5.40. The molecule has 1 N–H and O–H groups in total. The van der Waals surface area contributed by atoms with E-state index in [2.05, 4.69) is 10.3 Å². The van der Waals surface area contributed by atoms with E-state index in [9.17, 15) is 4.79 Å². The van der Waals surface area contributed by atoms with Gasteiger partial charge in [0, 0.05) is 41.0 Å². The first kappa shape index (κ1) is 24.8. The van der Waals surface area contributed by atoms with Crippen molar-refractivity contribution in [1.29, 1.82) is 0 Å². The van der Waals surface area contributed by atoms with E-state index in [0.29, 0.717) is 32.1 Å². The van der Waals surface area contributed by atoms with Gasteiger partial charge in [0.05, 0.1) is 27.9 Å². The Morgan fingerprint density at radius 2 is 1.68 bits per heavy atom. The summed E-state index contributed by atoms with van der Waals surface area (Å²) in [5.74, 6) is 0.281. The zero-order valence-corrected chi connectivity index (χ0v) is 21.7. The average Bonchev–Trinajstić information content (AvgIpc) is 3.36. The van der Waals surface area contributed by atoms with E-state index in [4.69, 9.17) is 44.6 Å². The molecule has 0 aliphatic rings. The number of methoxy groups -OCH3 is 1. The molecule has 6 nitrogen and oxygen atoms in total. The van der Waals surface area contributed by atoms with Crippen molar-refractivity contribution < 1.29 is 9.53 Å². The van der Waals surface area contributed by atoms with Crippen LogP contribution in [0.1, 0.15) is 10.4 Å². The van der Waals surface area contributed by atoms with Gasteiger partial charge in [-0.2, -0.15) is 5.10 Å². The molecule has 0 saturated heterocycles. The minimum absolute atomic E-state index is 0.303. The molecule has 37 heavy (non-hydrogen) atoms. The largest absolute Gasteiger partial charge is 0.495 e. The lowest BCUT2D eigenvalue weighted by molar-refractivity contribution is 0.102. The number of carbonyl (C=O) groups is 1. The Morgan fingerprint density at radius 1 is 0.865 bits per heavy atom. The van der Waals surface area contributed by atoms with Gasteiger partial charge in [0.15, 0.2) is 0 Å². The number of hydrogen-bond donors (Lipinski definition) is 1. The Bertz CT molecular complexity index is 1600. The second kappa shape index (κ2) is 10.6. The van der Waals surface area contributed by atoms with E-state index >= 15 is 0 Å². The molecule has 2 heterocycles. The summed E-state index contributed by atoms with van der Waals surface area (Å²) >= 11 is 18.5. The number of nitrogens with one attached hydrogen (secondary N) is 1. The number of amides is 1. The van der Waals surface area contributed by atoms with Crippen LogP contribution in [0.3, 0.4) is 0 Å². The lowest BCUT2D eigenvalue weighted by Crippen LogP contribution is -2.12. The second-order valence-electron chi connectivity index (χ2n) is 8.05. The summed E-state index contributed by atoms with van der Waals surface area (Å²) in [6.45, 7) is 0. The van der Waals surface area contributed by atoms with Crippen molar-refractivity contribution >= 4 is 46.4 Å². The molecule has 5 aromatic rings. The molecule has 0 bridgehead atoms. The molecular formula is C28H19Cl3N4O2. The van der Waals surface area contributed by atoms with Crippen LogP contribution in [-0.2, 0) is 0 Å². The van der Waals surface area contributed by atoms with Crippen LogP contribution >= 0.6 is 34.8 Å². The number of hydrogen-bond acceptors (Lipinski definition) is 4. The number of ether oxygens (including phenoxy) is 1. The van der Waals surface area contributed by atoms with Crippen molar-refractivity contribution in [3.05, 3.63) is 112 Å². The molecule has 0 aliphatic heterocycles. The first-order valence-electron chi connectivity index (χ1n) is 11.1. The van der Waals surface area contributed by atoms with Crippen molar-refractivity contribution in [2.24, 2.45) is 0 Å². The van der Waals surface area contributed by atoms with Crippen LogP contribution in [0.4, 0.5) is 5.69 Å². The minimum Gasteiger partial charge on any atom is -0.495 e. The van der Waals surface area contributed by atoms with Gasteiger partial charge in [-0.25, -0.2) is 4.68 Å². The number of rotatable bonds is 6. The molecule has 1 amide bonds. The highest BCUT2D eigenvalue weighted by Gasteiger charge is 2.16. The van der Waals surface area contributed by atoms with Crippen molar-refractivity contribution in [3.63, 3.8) is 0 Å². The Labute approximate surface area is 228 Å². The summed E-state index contributed by atoms with van der Waals surface area (Å²) in [6, 6.07) is 21.5. The summed E-state index contributed by atoms with van der Waals surface area (Å²) in [7, 11) is 1.57. The van der Waals surface area contributed by atoms with E-state index in [-0.39, 0.29) is 5.91 Å². The van der Waals surface area contributed by atoms with Crippen molar-refractivity contribution in [2.75, 3.05) is 12.4 Å². The normalized spacial score (nSPS) is 10.8. The average molecular weight is 550 g/mol. The lowest BCUT2D eigenvalue weighted by Gasteiger charge is -2.08. The fraction of sp³-hybridized carbons (Fsp3) is 0.0357. The van der Waals surface area contributed by atoms with Gasteiger partial charge in [0.1, 0.15) is 11.4 Å². The molecule has 0 saturated carbocycles. The van der Waals surface area contributed by atoms with Crippen molar-refractivity contribution in [3.8, 4) is 33.8 Å². The van der Waals surface area contributed by atoms with Crippen LogP contribution in [0.25, 0.3) is 28.1 Å². The number of benzene rings is 3. The maximum atomic E-state index is 12.8. The topological polar surface area (TPSA) is 69.0 Å². The summed E-state index contributed by atoms with van der Waals surface area (Å²) in [5.41, 5.74) is 5.18. The number of nitrogens with zero attached hydrogens (tertiary/aromatic N) is 3. The van der Waals surface area contributed by atoms with Crippen LogP contribution in [0.5, 0.6) is 5.75 Å². The zero-order valence-electron chi connectivity index (χ0n) is 19.5. The molecule has 0 aliphatic carbocycles. The van der Waals surface area contributed by atoms with Gasteiger partial charge in [0.25, 0.3) is 5.91 Å². The number of pyridine rings is 1. The van der Waals surface area contributed by atoms with Crippen molar-refractivity contribution in [2.45, 2.75) is 0 Å². The SMILES string of the molecule is COc1ccc(-c2nn(-c3cccc(NC(=O)c4ccc(Cl)c(Cl)c4)c3)cc2-c2ccncc2)cc1Cl. The monoisotopic (exact) mass is 548 g/mol. The molecule has 0 fully saturated rings. The zero-order chi connectivity index (χ0) is 25.9. The molecule has 3 aromatic carbocycles. The van der Waals surface area contributed by atoms with Crippen LogP contribution < -0.4 is 10.1 Å². The summed E-state index contributed by atoms with van der Waals surface area (Å²) in [4.78, 5) is 16.9. The first-order valence-corrected chi connectivity index (χ1v) is 12.3. The van der Waals surface area contributed by atoms with Gasteiger partial charge in [0.2, 0.25) is 0 Å². The molecule has 0 unspecified atom stereocenters. The highest BCUT2D eigenvalue weighted by atomic mass is 35.5. The van der Waals surface area contributed by atoms with Gasteiger partial charge < -0.3 is 10.1 Å². The van der Waals surface area contributed by atoms with Gasteiger partial charge in [-0.3, -0.25) is 9.78 Å². The molecule has 0 atom stereocenters. The second-order valence-corrected chi connectivity index (χ2v) is 9.28. The van der Waals surface area contributed by atoms with Crippen molar-refractivity contribution in [1.82, 2.24) is 14.8 Å². The highest BCUT2D eigenvalue weighted by molar-refractivity contribution is 6.42. The van der Waals surface area contributed by atoms with E-state index in [0.717, 1.165) is 28.1 Å². The fourth-order valence-corrected chi connectivity index (χ4v) is 4.40.